The normalized spacial score (nSPS) is 10.4. The largest absolute Gasteiger partial charge is 0.482 e. The van der Waals surface area contributed by atoms with Crippen LogP contribution in [0, 0.1) is 0 Å². The molecule has 0 fully saturated rings. The zero-order valence-corrected chi connectivity index (χ0v) is 13.9. The summed E-state index contributed by atoms with van der Waals surface area (Å²) in [5.74, 6) is 0.258. The molecule has 0 unspecified atom stereocenters. The van der Waals surface area contributed by atoms with Crippen LogP contribution < -0.4 is 20.6 Å². The number of carbonyl (C=O) groups is 1. The molecule has 1 heterocycles. The summed E-state index contributed by atoms with van der Waals surface area (Å²) in [4.78, 5) is 15.8. The van der Waals surface area contributed by atoms with Crippen LogP contribution in [0.1, 0.15) is 5.69 Å². The summed E-state index contributed by atoms with van der Waals surface area (Å²) >= 11 is 10.4. The molecule has 0 radical (unpaired) electrons. The Kier molecular flexibility index (Phi) is 6.47. The SMILES string of the molecule is NC(=S)N/N=C/c1ccc(OC(=O)COc2ccc(Cl)cc2)cn1. The van der Waals surface area contributed by atoms with Crippen molar-refractivity contribution in [3.05, 3.63) is 53.3 Å². The zero-order valence-electron chi connectivity index (χ0n) is 12.3. The summed E-state index contributed by atoms with van der Waals surface area (Å²) in [7, 11) is 0. The standard InChI is InChI=1S/C15H13ClN4O3S/c16-10-1-4-12(5-2-10)22-9-14(21)23-13-6-3-11(18-8-13)7-19-20-15(17)24/h1-8H,9H2,(H3,17,20,24)/b19-7+. The molecule has 0 spiro atoms. The smallest absolute Gasteiger partial charge is 0.349 e. The molecule has 1 aromatic carbocycles. The molecule has 0 aliphatic carbocycles. The number of thiocarbonyl (C=S) groups is 1. The summed E-state index contributed by atoms with van der Waals surface area (Å²) in [5.41, 5.74) is 8.17. The Hall–Kier alpha value is -2.71. The number of benzene rings is 1. The number of hydrazone groups is 1. The molecule has 9 heteroatoms. The van der Waals surface area contributed by atoms with E-state index in [1.165, 1.54) is 12.4 Å². The molecule has 0 saturated carbocycles. The van der Waals surface area contributed by atoms with Crippen LogP contribution in [0.25, 0.3) is 0 Å². The molecule has 0 amide bonds. The van der Waals surface area contributed by atoms with E-state index in [9.17, 15) is 4.79 Å². The molecule has 0 saturated heterocycles. The van der Waals surface area contributed by atoms with Crippen LogP contribution in [-0.4, -0.2) is 28.9 Å². The number of nitrogens with zero attached hydrogens (tertiary/aromatic N) is 2. The number of ether oxygens (including phenoxy) is 2. The second kappa shape index (κ2) is 8.80. The summed E-state index contributed by atoms with van der Waals surface area (Å²) in [6.45, 7) is -0.233. The van der Waals surface area contributed by atoms with Gasteiger partial charge < -0.3 is 15.2 Å². The predicted octanol–water partition coefficient (Wildman–Crippen LogP) is 1.89. The fourth-order valence-electron chi connectivity index (χ4n) is 1.52. The highest BCUT2D eigenvalue weighted by molar-refractivity contribution is 7.80. The molecule has 0 bridgehead atoms. The molecule has 1 aromatic heterocycles. The van der Waals surface area contributed by atoms with Gasteiger partial charge in [0.1, 0.15) is 11.5 Å². The topological polar surface area (TPSA) is 98.8 Å². The van der Waals surface area contributed by atoms with Crippen molar-refractivity contribution in [2.75, 3.05) is 6.61 Å². The van der Waals surface area contributed by atoms with Gasteiger partial charge in [-0.1, -0.05) is 11.6 Å². The maximum Gasteiger partial charge on any atom is 0.349 e. The van der Waals surface area contributed by atoms with E-state index in [2.05, 4.69) is 27.7 Å². The van der Waals surface area contributed by atoms with Crippen LogP contribution in [-0.2, 0) is 4.79 Å². The number of nitrogens with two attached hydrogens (primary N) is 1. The Bertz CT molecular complexity index is 735. The van der Waals surface area contributed by atoms with Crippen molar-refractivity contribution in [2.24, 2.45) is 10.8 Å². The third-order valence-electron chi connectivity index (χ3n) is 2.53. The third kappa shape index (κ3) is 6.19. The van der Waals surface area contributed by atoms with E-state index in [4.69, 9.17) is 26.8 Å². The minimum atomic E-state index is -0.552. The number of aromatic nitrogens is 1. The number of pyridine rings is 1. The first kappa shape index (κ1) is 17.6. The lowest BCUT2D eigenvalue weighted by molar-refractivity contribution is -0.136. The van der Waals surface area contributed by atoms with Gasteiger partial charge in [0.2, 0.25) is 0 Å². The second-order valence-electron chi connectivity index (χ2n) is 4.37. The first-order valence-corrected chi connectivity index (χ1v) is 7.45. The van der Waals surface area contributed by atoms with E-state index in [1.54, 1.807) is 36.4 Å². The Labute approximate surface area is 148 Å². The van der Waals surface area contributed by atoms with E-state index in [0.29, 0.717) is 22.2 Å². The Morgan fingerprint density at radius 3 is 2.62 bits per heavy atom. The Balaban J connectivity index is 1.82. The van der Waals surface area contributed by atoms with Crippen molar-refractivity contribution in [3.8, 4) is 11.5 Å². The average molecular weight is 365 g/mol. The molecule has 2 aromatic rings. The van der Waals surface area contributed by atoms with Crippen molar-refractivity contribution in [2.45, 2.75) is 0 Å². The first-order chi connectivity index (χ1) is 11.5. The Morgan fingerprint density at radius 2 is 2.00 bits per heavy atom. The minimum Gasteiger partial charge on any atom is -0.482 e. The number of hydrogen-bond donors (Lipinski definition) is 2. The van der Waals surface area contributed by atoms with Crippen LogP contribution in [0.3, 0.4) is 0 Å². The molecule has 7 nitrogen and oxygen atoms in total. The molecule has 24 heavy (non-hydrogen) atoms. The highest BCUT2D eigenvalue weighted by atomic mass is 35.5. The number of esters is 1. The fourth-order valence-corrected chi connectivity index (χ4v) is 1.70. The van der Waals surface area contributed by atoms with Crippen LogP contribution >= 0.6 is 23.8 Å². The quantitative estimate of drug-likeness (QED) is 0.349. The van der Waals surface area contributed by atoms with Gasteiger partial charge in [-0.25, -0.2) is 4.79 Å². The molecular weight excluding hydrogens is 352 g/mol. The van der Waals surface area contributed by atoms with E-state index in [1.807, 2.05) is 0 Å². The van der Waals surface area contributed by atoms with Crippen molar-refractivity contribution < 1.29 is 14.3 Å². The van der Waals surface area contributed by atoms with Gasteiger partial charge in [-0.3, -0.25) is 10.4 Å². The van der Waals surface area contributed by atoms with Crippen molar-refractivity contribution in [3.63, 3.8) is 0 Å². The van der Waals surface area contributed by atoms with Crippen LogP contribution in [0.2, 0.25) is 5.02 Å². The highest BCUT2D eigenvalue weighted by Crippen LogP contribution is 2.15. The molecule has 124 valence electrons. The molecular formula is C15H13ClN4O3S. The van der Waals surface area contributed by atoms with Gasteiger partial charge in [0, 0.05) is 5.02 Å². The first-order valence-electron chi connectivity index (χ1n) is 6.66. The zero-order chi connectivity index (χ0) is 17.4. The van der Waals surface area contributed by atoms with Crippen molar-refractivity contribution in [1.82, 2.24) is 10.4 Å². The van der Waals surface area contributed by atoms with Gasteiger partial charge in [-0.05, 0) is 48.6 Å². The lowest BCUT2D eigenvalue weighted by atomic mass is 10.3. The molecule has 0 aliphatic rings. The minimum absolute atomic E-state index is 0.0532. The summed E-state index contributed by atoms with van der Waals surface area (Å²) in [6.07, 6.45) is 2.82. The van der Waals surface area contributed by atoms with Crippen LogP contribution in [0.4, 0.5) is 0 Å². The predicted molar refractivity (Wildman–Crippen MR) is 94.3 cm³/mol. The molecule has 0 aliphatic heterocycles. The van der Waals surface area contributed by atoms with Gasteiger partial charge in [-0.2, -0.15) is 5.10 Å². The van der Waals surface area contributed by atoms with Crippen LogP contribution in [0.5, 0.6) is 11.5 Å². The summed E-state index contributed by atoms with van der Waals surface area (Å²) in [5, 5.41) is 4.40. The number of carbonyl (C=O) groups excluding carboxylic acids is 1. The third-order valence-corrected chi connectivity index (χ3v) is 2.88. The van der Waals surface area contributed by atoms with E-state index in [0.717, 1.165) is 0 Å². The Morgan fingerprint density at radius 1 is 1.29 bits per heavy atom. The monoisotopic (exact) mass is 364 g/mol. The maximum absolute atomic E-state index is 11.7. The lowest BCUT2D eigenvalue weighted by Gasteiger charge is -2.06. The van der Waals surface area contributed by atoms with Gasteiger partial charge in [-0.15, -0.1) is 0 Å². The molecule has 3 N–H and O–H groups in total. The van der Waals surface area contributed by atoms with E-state index in [-0.39, 0.29) is 11.7 Å². The van der Waals surface area contributed by atoms with Gasteiger partial charge >= 0.3 is 5.97 Å². The molecule has 0 atom stereocenters. The number of halogens is 1. The summed E-state index contributed by atoms with van der Waals surface area (Å²) in [6, 6.07) is 9.85. The number of hydrogen-bond acceptors (Lipinski definition) is 6. The van der Waals surface area contributed by atoms with Crippen LogP contribution in [0.15, 0.2) is 47.7 Å². The molecule has 2 rings (SSSR count). The second-order valence-corrected chi connectivity index (χ2v) is 5.25. The van der Waals surface area contributed by atoms with Crippen molar-refractivity contribution in [1.29, 1.82) is 0 Å². The van der Waals surface area contributed by atoms with Gasteiger partial charge in [0.25, 0.3) is 0 Å². The van der Waals surface area contributed by atoms with E-state index >= 15 is 0 Å². The maximum atomic E-state index is 11.7. The van der Waals surface area contributed by atoms with E-state index < -0.39 is 5.97 Å². The highest BCUT2D eigenvalue weighted by Gasteiger charge is 2.06. The van der Waals surface area contributed by atoms with Gasteiger partial charge in [0.15, 0.2) is 11.7 Å². The lowest BCUT2D eigenvalue weighted by Crippen LogP contribution is -2.24. The van der Waals surface area contributed by atoms with Crippen molar-refractivity contribution >= 4 is 41.1 Å². The summed E-state index contributed by atoms with van der Waals surface area (Å²) < 4.78 is 10.4. The number of nitrogens with one attached hydrogen (secondary N) is 1. The average Bonchev–Trinajstić information content (AvgIpc) is 2.56. The number of rotatable bonds is 6. The van der Waals surface area contributed by atoms with Gasteiger partial charge in [0.05, 0.1) is 18.1 Å². The fraction of sp³-hybridized carbons (Fsp3) is 0.0667.